The van der Waals surface area contributed by atoms with Crippen LogP contribution < -0.4 is 10.1 Å². The molecule has 2 aromatic rings. The minimum atomic E-state index is -0.398. The van der Waals surface area contributed by atoms with Crippen molar-refractivity contribution >= 4 is 39.1 Å². The number of ether oxygens (including phenoxy) is 1. The lowest BCUT2D eigenvalue weighted by Gasteiger charge is -2.22. The number of amides is 1. The fraction of sp³-hybridized carbons (Fsp3) is 0.400. The lowest BCUT2D eigenvalue weighted by Crippen LogP contribution is -2.37. The Morgan fingerprint density at radius 3 is 2.75 bits per heavy atom. The number of thiophene rings is 1. The summed E-state index contributed by atoms with van der Waals surface area (Å²) in [6.45, 7) is 0. The van der Waals surface area contributed by atoms with Crippen molar-refractivity contribution in [2.45, 2.75) is 38.1 Å². The van der Waals surface area contributed by atoms with Crippen molar-refractivity contribution in [3.8, 4) is 5.06 Å². The highest BCUT2D eigenvalue weighted by Gasteiger charge is 2.19. The number of halogens is 1. The molecule has 0 aliphatic heterocycles. The van der Waals surface area contributed by atoms with Gasteiger partial charge in [0, 0.05) is 16.1 Å². The summed E-state index contributed by atoms with van der Waals surface area (Å²) in [7, 11) is 0. The van der Waals surface area contributed by atoms with E-state index in [4.69, 9.17) is 16.3 Å². The Morgan fingerprint density at radius 2 is 2.00 bits per heavy atom. The van der Waals surface area contributed by atoms with Crippen molar-refractivity contribution in [2.24, 2.45) is 0 Å². The third kappa shape index (κ3) is 2.91. The van der Waals surface area contributed by atoms with Crippen LogP contribution in [0, 0.1) is 0 Å². The predicted octanol–water partition coefficient (Wildman–Crippen LogP) is 4.98. The number of hydrogen-bond donors (Lipinski definition) is 1. The maximum Gasteiger partial charge on any atom is 0.413 e. The molecule has 1 fully saturated rings. The van der Waals surface area contributed by atoms with Gasteiger partial charge >= 0.3 is 6.09 Å². The van der Waals surface area contributed by atoms with Crippen molar-refractivity contribution in [1.82, 2.24) is 5.32 Å². The molecule has 1 N–H and O–H groups in total. The van der Waals surface area contributed by atoms with Gasteiger partial charge in [0.2, 0.25) is 5.06 Å². The Morgan fingerprint density at radius 1 is 1.25 bits per heavy atom. The first-order valence-corrected chi connectivity index (χ1v) is 8.09. The number of benzene rings is 1. The van der Waals surface area contributed by atoms with E-state index in [0.29, 0.717) is 10.1 Å². The summed E-state index contributed by atoms with van der Waals surface area (Å²) >= 11 is 7.65. The summed E-state index contributed by atoms with van der Waals surface area (Å²) in [6.07, 6.45) is 5.29. The number of fused-ring (bicyclic) bond motifs is 1. The highest BCUT2D eigenvalue weighted by Crippen LogP contribution is 2.41. The van der Waals surface area contributed by atoms with Crippen molar-refractivity contribution in [3.63, 3.8) is 0 Å². The van der Waals surface area contributed by atoms with Gasteiger partial charge in [0.1, 0.15) is 5.02 Å². The van der Waals surface area contributed by atoms with Gasteiger partial charge in [-0.05, 0) is 18.9 Å². The molecule has 0 spiro atoms. The van der Waals surface area contributed by atoms with Gasteiger partial charge in [-0.25, -0.2) is 4.79 Å². The second kappa shape index (κ2) is 6.02. The lowest BCUT2D eigenvalue weighted by molar-refractivity contribution is 0.193. The van der Waals surface area contributed by atoms with Gasteiger partial charge in [-0.3, -0.25) is 0 Å². The second-order valence-electron chi connectivity index (χ2n) is 5.07. The summed E-state index contributed by atoms with van der Waals surface area (Å²) in [5, 5.41) is 4.85. The van der Waals surface area contributed by atoms with E-state index >= 15 is 0 Å². The summed E-state index contributed by atoms with van der Waals surface area (Å²) in [5.41, 5.74) is 0. The highest BCUT2D eigenvalue weighted by atomic mass is 35.5. The Hall–Kier alpha value is -1.26. The van der Waals surface area contributed by atoms with Crippen LogP contribution in [0.3, 0.4) is 0 Å². The minimum absolute atomic E-state index is 0.240. The molecule has 0 radical (unpaired) electrons. The van der Waals surface area contributed by atoms with Crippen molar-refractivity contribution in [2.75, 3.05) is 0 Å². The van der Waals surface area contributed by atoms with Gasteiger partial charge in [0.25, 0.3) is 0 Å². The van der Waals surface area contributed by atoms with Gasteiger partial charge in [0.15, 0.2) is 0 Å². The SMILES string of the molecule is O=C(NC1CCCCC1)Oc1sc2ccccc2c1Cl. The van der Waals surface area contributed by atoms with Crippen molar-refractivity contribution < 1.29 is 9.53 Å². The van der Waals surface area contributed by atoms with Crippen molar-refractivity contribution in [3.05, 3.63) is 29.3 Å². The van der Waals surface area contributed by atoms with E-state index in [1.54, 1.807) is 0 Å². The zero-order chi connectivity index (χ0) is 13.9. The first-order valence-electron chi connectivity index (χ1n) is 6.89. The molecule has 0 saturated heterocycles. The molecule has 20 heavy (non-hydrogen) atoms. The smallest absolute Gasteiger partial charge is 0.398 e. The normalized spacial score (nSPS) is 16.2. The Bertz CT molecular complexity index is 619. The van der Waals surface area contributed by atoms with Crippen LogP contribution in [0.4, 0.5) is 4.79 Å². The molecule has 1 heterocycles. The number of carbonyl (C=O) groups excluding carboxylic acids is 1. The molecule has 3 nitrogen and oxygen atoms in total. The first-order chi connectivity index (χ1) is 9.74. The molecule has 0 bridgehead atoms. The second-order valence-corrected chi connectivity index (χ2v) is 6.46. The van der Waals surface area contributed by atoms with Crippen LogP contribution in [0.5, 0.6) is 5.06 Å². The van der Waals surface area contributed by atoms with Crippen LogP contribution in [0.25, 0.3) is 10.1 Å². The van der Waals surface area contributed by atoms with Crippen LogP contribution in [0.2, 0.25) is 5.02 Å². The maximum absolute atomic E-state index is 11.9. The van der Waals surface area contributed by atoms with E-state index in [9.17, 15) is 4.79 Å². The number of nitrogens with one attached hydrogen (secondary N) is 1. The van der Waals surface area contributed by atoms with Crippen molar-refractivity contribution in [1.29, 1.82) is 0 Å². The minimum Gasteiger partial charge on any atom is -0.398 e. The molecule has 1 aliphatic rings. The molecule has 0 atom stereocenters. The van der Waals surface area contributed by atoms with Crippen LogP contribution in [0.15, 0.2) is 24.3 Å². The van der Waals surface area contributed by atoms with Crippen LogP contribution >= 0.6 is 22.9 Å². The molecule has 1 amide bonds. The molecule has 0 unspecified atom stereocenters. The molecular formula is C15H16ClNO2S. The summed E-state index contributed by atoms with van der Waals surface area (Å²) in [4.78, 5) is 11.9. The van der Waals surface area contributed by atoms with Crippen LogP contribution in [0.1, 0.15) is 32.1 Å². The summed E-state index contributed by atoms with van der Waals surface area (Å²) in [6, 6.07) is 8.01. The average Bonchev–Trinajstić information content (AvgIpc) is 2.77. The summed E-state index contributed by atoms with van der Waals surface area (Å²) < 4.78 is 6.40. The van der Waals surface area contributed by atoms with E-state index in [2.05, 4.69) is 5.32 Å². The monoisotopic (exact) mass is 309 g/mol. The highest BCUT2D eigenvalue weighted by molar-refractivity contribution is 7.21. The third-order valence-electron chi connectivity index (χ3n) is 3.62. The average molecular weight is 310 g/mol. The Labute approximate surface area is 126 Å². The van der Waals surface area contributed by atoms with Gasteiger partial charge < -0.3 is 10.1 Å². The Kier molecular flexibility index (Phi) is 4.13. The lowest BCUT2D eigenvalue weighted by atomic mass is 9.96. The van der Waals surface area contributed by atoms with E-state index in [-0.39, 0.29) is 6.04 Å². The largest absolute Gasteiger partial charge is 0.413 e. The fourth-order valence-corrected chi connectivity index (χ4v) is 3.90. The number of hydrogen-bond acceptors (Lipinski definition) is 3. The molecule has 1 aromatic carbocycles. The first kappa shape index (κ1) is 13.7. The molecule has 106 valence electrons. The molecule has 1 aliphatic carbocycles. The van der Waals surface area contributed by atoms with E-state index in [0.717, 1.165) is 22.9 Å². The standard InChI is InChI=1S/C15H16ClNO2S/c16-13-11-8-4-5-9-12(11)20-14(13)19-15(18)17-10-6-2-1-3-7-10/h4-5,8-10H,1-3,6-7H2,(H,17,18). The number of rotatable bonds is 2. The molecular weight excluding hydrogens is 294 g/mol. The summed E-state index contributed by atoms with van der Waals surface area (Å²) in [5.74, 6) is 0. The van der Waals surface area contributed by atoms with E-state index in [1.165, 1.54) is 30.6 Å². The van der Waals surface area contributed by atoms with Gasteiger partial charge in [-0.2, -0.15) is 0 Å². The molecule has 3 rings (SSSR count). The zero-order valence-corrected chi connectivity index (χ0v) is 12.6. The topological polar surface area (TPSA) is 38.3 Å². The Balaban J connectivity index is 1.69. The number of carbonyl (C=O) groups is 1. The molecule has 1 saturated carbocycles. The van der Waals surface area contributed by atoms with Gasteiger partial charge in [-0.1, -0.05) is 60.4 Å². The molecule has 5 heteroatoms. The third-order valence-corrected chi connectivity index (χ3v) is 5.15. The fourth-order valence-electron chi connectivity index (χ4n) is 2.58. The maximum atomic E-state index is 11.9. The van der Waals surface area contributed by atoms with Crippen LogP contribution in [-0.2, 0) is 0 Å². The zero-order valence-electron chi connectivity index (χ0n) is 11.0. The van der Waals surface area contributed by atoms with E-state index in [1.807, 2.05) is 24.3 Å². The van der Waals surface area contributed by atoms with Gasteiger partial charge in [-0.15, -0.1) is 0 Å². The van der Waals surface area contributed by atoms with Gasteiger partial charge in [0.05, 0.1) is 0 Å². The predicted molar refractivity (Wildman–Crippen MR) is 82.9 cm³/mol. The molecule has 1 aromatic heterocycles. The van der Waals surface area contributed by atoms with E-state index < -0.39 is 6.09 Å². The quantitative estimate of drug-likeness (QED) is 0.850. The van der Waals surface area contributed by atoms with Crippen LogP contribution in [-0.4, -0.2) is 12.1 Å².